The van der Waals surface area contributed by atoms with Crippen molar-refractivity contribution in [3.05, 3.63) is 71.8 Å². The molecule has 1 aliphatic carbocycles. The van der Waals surface area contributed by atoms with Crippen molar-refractivity contribution in [3.8, 4) is 11.1 Å². The van der Waals surface area contributed by atoms with Crippen LogP contribution in [-0.2, 0) is 11.0 Å². The van der Waals surface area contributed by atoms with Crippen molar-refractivity contribution in [1.82, 2.24) is 4.57 Å². The van der Waals surface area contributed by atoms with Gasteiger partial charge in [-0.3, -0.25) is 0 Å². The molecular weight excluding hydrogens is 338 g/mol. The summed E-state index contributed by atoms with van der Waals surface area (Å²) in [7, 11) is 0. The van der Waals surface area contributed by atoms with Gasteiger partial charge in [0.05, 0.1) is 0 Å². The average molecular weight is 368 g/mol. The normalized spacial score (nSPS) is 15.2. The second kappa shape index (κ2) is 5.73. The van der Waals surface area contributed by atoms with Crippen LogP contribution in [0.2, 0.25) is 0 Å². The summed E-state index contributed by atoms with van der Waals surface area (Å²) in [6.07, 6.45) is 2.25. The molecule has 0 aliphatic heterocycles. The van der Waals surface area contributed by atoms with Gasteiger partial charge in [-0.25, -0.2) is 0 Å². The molecule has 142 valence electrons. The van der Waals surface area contributed by atoms with Crippen molar-refractivity contribution in [2.75, 3.05) is 0 Å². The van der Waals surface area contributed by atoms with Crippen molar-refractivity contribution in [1.29, 1.82) is 0 Å². The standard InChI is InChI=1S/C27H29N/c1-6-27(5,7-2)28-24-15-11-9-13-19(24)21-16-20-18-12-8-10-14-22(18)26(3,4)23(20)17-25(21)28/h8-17H,6-7H2,1-5H3. The van der Waals surface area contributed by atoms with Gasteiger partial charge < -0.3 is 4.57 Å². The summed E-state index contributed by atoms with van der Waals surface area (Å²) in [5, 5.41) is 2.76. The highest BCUT2D eigenvalue weighted by Crippen LogP contribution is 2.51. The van der Waals surface area contributed by atoms with Gasteiger partial charge in [0.25, 0.3) is 0 Å². The number of para-hydroxylation sites is 1. The molecule has 28 heavy (non-hydrogen) atoms. The Morgan fingerprint density at radius 3 is 2.18 bits per heavy atom. The number of hydrogen-bond donors (Lipinski definition) is 0. The van der Waals surface area contributed by atoms with Crippen LogP contribution in [0.1, 0.15) is 58.6 Å². The van der Waals surface area contributed by atoms with E-state index in [1.807, 2.05) is 0 Å². The van der Waals surface area contributed by atoms with Gasteiger partial charge in [-0.2, -0.15) is 0 Å². The molecule has 1 heterocycles. The largest absolute Gasteiger partial charge is 0.335 e. The average Bonchev–Trinajstić information content (AvgIpc) is 3.17. The van der Waals surface area contributed by atoms with Gasteiger partial charge in [0.15, 0.2) is 0 Å². The summed E-state index contributed by atoms with van der Waals surface area (Å²) < 4.78 is 2.62. The molecule has 0 fully saturated rings. The topological polar surface area (TPSA) is 4.93 Å². The second-order valence-electron chi connectivity index (χ2n) is 9.14. The number of benzene rings is 3. The fraction of sp³-hybridized carbons (Fsp3) is 0.333. The van der Waals surface area contributed by atoms with E-state index in [4.69, 9.17) is 0 Å². The van der Waals surface area contributed by atoms with E-state index in [0.717, 1.165) is 12.8 Å². The van der Waals surface area contributed by atoms with E-state index >= 15 is 0 Å². The molecule has 0 saturated heterocycles. The van der Waals surface area contributed by atoms with Crippen LogP contribution < -0.4 is 0 Å². The third kappa shape index (κ3) is 2.08. The van der Waals surface area contributed by atoms with Gasteiger partial charge in [-0.1, -0.05) is 70.2 Å². The highest BCUT2D eigenvalue weighted by Gasteiger charge is 2.36. The SMILES string of the molecule is CCC(C)(CC)n1c2ccccc2c2cc3c(cc21)C(C)(C)c1ccccc1-3. The molecule has 0 bridgehead atoms. The Morgan fingerprint density at radius 2 is 1.43 bits per heavy atom. The van der Waals surface area contributed by atoms with Crippen LogP contribution in [0.4, 0.5) is 0 Å². The van der Waals surface area contributed by atoms with E-state index in [0.29, 0.717) is 0 Å². The van der Waals surface area contributed by atoms with Crippen molar-refractivity contribution in [2.24, 2.45) is 0 Å². The molecule has 0 atom stereocenters. The molecule has 0 unspecified atom stereocenters. The lowest BCUT2D eigenvalue weighted by Crippen LogP contribution is -2.28. The Labute approximate surface area is 168 Å². The fourth-order valence-electron chi connectivity index (χ4n) is 5.31. The molecule has 1 nitrogen and oxygen atoms in total. The zero-order chi connectivity index (χ0) is 19.7. The summed E-state index contributed by atoms with van der Waals surface area (Å²) in [6, 6.07) is 22.8. The maximum atomic E-state index is 2.62. The van der Waals surface area contributed by atoms with E-state index in [2.05, 4.69) is 99.8 Å². The summed E-state index contributed by atoms with van der Waals surface area (Å²) in [4.78, 5) is 0. The van der Waals surface area contributed by atoms with E-state index in [-0.39, 0.29) is 11.0 Å². The van der Waals surface area contributed by atoms with E-state index in [1.165, 1.54) is 44.1 Å². The molecule has 0 spiro atoms. The lowest BCUT2D eigenvalue weighted by molar-refractivity contribution is 0.313. The van der Waals surface area contributed by atoms with E-state index in [9.17, 15) is 0 Å². The monoisotopic (exact) mass is 367 g/mol. The smallest absolute Gasteiger partial charge is 0.0500 e. The third-order valence-corrected chi connectivity index (χ3v) is 7.44. The van der Waals surface area contributed by atoms with Crippen LogP contribution >= 0.6 is 0 Å². The first-order valence-corrected chi connectivity index (χ1v) is 10.6. The molecule has 5 rings (SSSR count). The number of fused-ring (bicyclic) bond motifs is 6. The molecule has 0 amide bonds. The Hall–Kier alpha value is -2.54. The van der Waals surface area contributed by atoms with Crippen molar-refractivity contribution in [3.63, 3.8) is 0 Å². The zero-order valence-corrected chi connectivity index (χ0v) is 17.6. The van der Waals surface area contributed by atoms with Gasteiger partial charge >= 0.3 is 0 Å². The van der Waals surface area contributed by atoms with E-state index in [1.54, 1.807) is 0 Å². The highest BCUT2D eigenvalue weighted by atomic mass is 15.1. The lowest BCUT2D eigenvalue weighted by atomic mass is 9.82. The fourth-order valence-corrected chi connectivity index (χ4v) is 5.31. The Kier molecular flexibility index (Phi) is 3.59. The maximum absolute atomic E-state index is 2.62. The highest BCUT2D eigenvalue weighted by molar-refractivity contribution is 6.10. The van der Waals surface area contributed by atoms with Gasteiger partial charge in [0.1, 0.15) is 0 Å². The predicted octanol–water partition coefficient (Wildman–Crippen LogP) is 7.64. The number of hydrogen-bond acceptors (Lipinski definition) is 0. The molecule has 1 aromatic heterocycles. The first-order valence-electron chi connectivity index (χ1n) is 10.6. The summed E-state index contributed by atoms with van der Waals surface area (Å²) >= 11 is 0. The van der Waals surface area contributed by atoms with E-state index < -0.39 is 0 Å². The molecule has 3 aromatic carbocycles. The van der Waals surface area contributed by atoms with Crippen LogP contribution in [0.5, 0.6) is 0 Å². The maximum Gasteiger partial charge on any atom is 0.0500 e. The summed E-state index contributed by atoms with van der Waals surface area (Å²) in [5.41, 5.74) is 8.61. The number of nitrogens with zero attached hydrogens (tertiary/aromatic N) is 1. The second-order valence-corrected chi connectivity index (χ2v) is 9.14. The Balaban J connectivity index is 1.95. The van der Waals surface area contributed by atoms with Crippen molar-refractivity contribution < 1.29 is 0 Å². The van der Waals surface area contributed by atoms with Crippen LogP contribution in [0.3, 0.4) is 0 Å². The molecule has 1 aliphatic rings. The summed E-state index contributed by atoms with van der Waals surface area (Å²) in [5.74, 6) is 0. The van der Waals surface area contributed by atoms with Gasteiger partial charge in [0, 0.05) is 32.8 Å². The molecule has 1 heteroatoms. The quantitative estimate of drug-likeness (QED) is 0.351. The van der Waals surface area contributed by atoms with Crippen molar-refractivity contribution >= 4 is 21.8 Å². The van der Waals surface area contributed by atoms with Gasteiger partial charge in [0.2, 0.25) is 0 Å². The first kappa shape index (κ1) is 17.6. The van der Waals surface area contributed by atoms with Crippen LogP contribution in [-0.4, -0.2) is 4.57 Å². The molecule has 0 N–H and O–H groups in total. The Bertz CT molecular complexity index is 1220. The van der Waals surface area contributed by atoms with Gasteiger partial charge in [-0.05, 0) is 60.2 Å². The third-order valence-electron chi connectivity index (χ3n) is 7.44. The minimum atomic E-state index is 0.0379. The van der Waals surface area contributed by atoms with Crippen LogP contribution in [0.15, 0.2) is 60.7 Å². The van der Waals surface area contributed by atoms with Gasteiger partial charge in [-0.15, -0.1) is 0 Å². The van der Waals surface area contributed by atoms with Crippen LogP contribution in [0.25, 0.3) is 32.9 Å². The van der Waals surface area contributed by atoms with Crippen molar-refractivity contribution in [2.45, 2.75) is 58.4 Å². The molecular formula is C27H29N. The zero-order valence-electron chi connectivity index (χ0n) is 17.6. The first-order chi connectivity index (χ1) is 13.4. The number of rotatable bonds is 3. The summed E-state index contributed by atoms with van der Waals surface area (Å²) in [6.45, 7) is 11.8. The molecule has 0 saturated carbocycles. The van der Waals surface area contributed by atoms with Crippen LogP contribution in [0, 0.1) is 0 Å². The minimum absolute atomic E-state index is 0.0379. The predicted molar refractivity (Wildman–Crippen MR) is 121 cm³/mol. The minimum Gasteiger partial charge on any atom is -0.335 e. The molecule has 4 aromatic rings. The molecule has 0 radical (unpaired) electrons. The lowest BCUT2D eigenvalue weighted by Gasteiger charge is -2.32. The number of aromatic nitrogens is 1. The Morgan fingerprint density at radius 1 is 0.750 bits per heavy atom.